The summed E-state index contributed by atoms with van der Waals surface area (Å²) in [6, 6.07) is 3.77. The second-order valence-electron chi connectivity index (χ2n) is 10.0. The van der Waals surface area contributed by atoms with Gasteiger partial charge in [0.15, 0.2) is 16.8 Å². The Morgan fingerprint density at radius 3 is 2.75 bits per heavy atom. The molecule has 0 saturated carbocycles. The summed E-state index contributed by atoms with van der Waals surface area (Å²) < 4.78 is 14.5. The Morgan fingerprint density at radius 2 is 1.97 bits per heavy atom. The predicted molar refractivity (Wildman–Crippen MR) is 140 cm³/mol. The highest BCUT2D eigenvalue weighted by atomic mass is 35.5. The van der Waals surface area contributed by atoms with E-state index in [2.05, 4.69) is 42.2 Å². The molecule has 4 heterocycles. The number of nitrogens with zero attached hydrogens (tertiary/aromatic N) is 5. The first-order valence-electron chi connectivity index (χ1n) is 12.6. The molecule has 3 aliphatic rings. The van der Waals surface area contributed by atoms with Crippen LogP contribution in [0.3, 0.4) is 0 Å². The van der Waals surface area contributed by atoms with Crippen LogP contribution in [0.5, 0.6) is 0 Å². The number of benzene rings is 1. The van der Waals surface area contributed by atoms with Crippen LogP contribution in [-0.2, 0) is 13.1 Å². The summed E-state index contributed by atoms with van der Waals surface area (Å²) in [6.07, 6.45) is 3.26. The van der Waals surface area contributed by atoms with Gasteiger partial charge in [0.2, 0.25) is 0 Å². The number of likely N-dealkylation sites (tertiary alicyclic amines) is 1. The number of rotatable bonds is 4. The number of urea groups is 1. The fourth-order valence-corrected chi connectivity index (χ4v) is 6.19. The molecule has 5 rings (SSSR count). The summed E-state index contributed by atoms with van der Waals surface area (Å²) in [5, 5.41) is 6.22. The molecule has 0 radical (unpaired) electrons. The largest absolute Gasteiger partial charge is 0.351 e. The van der Waals surface area contributed by atoms with Crippen LogP contribution in [0, 0.1) is 12.7 Å². The minimum Gasteiger partial charge on any atom is -0.351 e. The Labute approximate surface area is 221 Å². The van der Waals surface area contributed by atoms with Crippen LogP contribution >= 0.6 is 23.2 Å². The molecular weight excluding hydrogens is 504 g/mol. The zero-order valence-corrected chi connectivity index (χ0v) is 22.2. The molecule has 0 aliphatic carbocycles. The van der Waals surface area contributed by atoms with Crippen molar-refractivity contribution in [2.75, 3.05) is 42.9 Å². The van der Waals surface area contributed by atoms with E-state index in [0.29, 0.717) is 52.7 Å². The molecule has 2 aromatic rings. The number of fused-ring (bicyclic) bond motifs is 1. The second-order valence-corrected chi connectivity index (χ2v) is 10.8. The van der Waals surface area contributed by atoms with Crippen LogP contribution in [0.2, 0.25) is 10.2 Å². The van der Waals surface area contributed by atoms with Crippen molar-refractivity contribution in [3.63, 3.8) is 0 Å². The molecule has 194 valence electrons. The van der Waals surface area contributed by atoms with Gasteiger partial charge in [-0.3, -0.25) is 15.1 Å². The van der Waals surface area contributed by atoms with Crippen LogP contribution < -0.4 is 15.5 Å². The number of halogens is 3. The summed E-state index contributed by atoms with van der Waals surface area (Å²) in [5.41, 5.74) is 2.30. The third-order valence-corrected chi connectivity index (χ3v) is 8.03. The number of aromatic nitrogens is 2. The minimum absolute atomic E-state index is 0.217. The molecule has 2 fully saturated rings. The van der Waals surface area contributed by atoms with E-state index in [1.807, 2.05) is 13.0 Å². The van der Waals surface area contributed by atoms with Crippen molar-refractivity contribution in [1.82, 2.24) is 25.1 Å². The van der Waals surface area contributed by atoms with Crippen molar-refractivity contribution >= 4 is 40.9 Å². The lowest BCUT2D eigenvalue weighted by atomic mass is 10.0. The molecule has 0 bridgehead atoms. The van der Waals surface area contributed by atoms with E-state index in [0.717, 1.165) is 63.1 Å². The highest BCUT2D eigenvalue weighted by Crippen LogP contribution is 2.30. The number of hydrogen-bond donors (Lipinski definition) is 2. The lowest BCUT2D eigenvalue weighted by Crippen LogP contribution is -2.56. The standard InChI is InChI=1S/C25H32Cl2FN7O/c1-15-10-17(26)11-20(28)19(15)14-33-6-3-4-18(5-7-33)35-9-8-34(13-16(35)2)24-22(27)30-21-12-29-25(36)32-23(21)31-24/h10-11,16,18H,3-9,12-14H2,1-2H3,(H2,29,31,32,36). The fraction of sp³-hybridized carbons (Fsp3) is 0.560. The number of anilines is 2. The van der Waals surface area contributed by atoms with E-state index in [-0.39, 0.29) is 11.8 Å². The van der Waals surface area contributed by atoms with Gasteiger partial charge >= 0.3 is 6.03 Å². The molecule has 2 saturated heterocycles. The lowest BCUT2D eigenvalue weighted by molar-refractivity contribution is 0.115. The Kier molecular flexibility index (Phi) is 7.53. The number of carbonyl (C=O) groups is 1. The van der Waals surface area contributed by atoms with E-state index in [4.69, 9.17) is 23.2 Å². The Balaban J connectivity index is 1.21. The van der Waals surface area contributed by atoms with Gasteiger partial charge < -0.3 is 10.2 Å². The SMILES string of the molecule is Cc1cc(Cl)cc(F)c1CN1CCCC(N2CCN(c3nc4c(nc3Cl)CNC(=O)N4)CC2C)CC1. The average Bonchev–Trinajstić information content (AvgIpc) is 3.06. The van der Waals surface area contributed by atoms with Crippen molar-refractivity contribution in [3.05, 3.63) is 44.9 Å². The van der Waals surface area contributed by atoms with Gasteiger partial charge in [0.1, 0.15) is 11.5 Å². The van der Waals surface area contributed by atoms with Crippen LogP contribution in [0.4, 0.5) is 20.8 Å². The Morgan fingerprint density at radius 1 is 1.14 bits per heavy atom. The van der Waals surface area contributed by atoms with E-state index in [1.165, 1.54) is 6.07 Å². The molecule has 1 aromatic carbocycles. The third-order valence-electron chi connectivity index (χ3n) is 7.56. The first kappa shape index (κ1) is 25.4. The highest BCUT2D eigenvalue weighted by molar-refractivity contribution is 6.31. The van der Waals surface area contributed by atoms with Gasteiger partial charge in [0.25, 0.3) is 0 Å². The zero-order chi connectivity index (χ0) is 25.4. The van der Waals surface area contributed by atoms with Gasteiger partial charge in [-0.15, -0.1) is 0 Å². The van der Waals surface area contributed by atoms with E-state index >= 15 is 0 Å². The monoisotopic (exact) mass is 535 g/mol. The van der Waals surface area contributed by atoms with Crippen LogP contribution in [0.25, 0.3) is 0 Å². The summed E-state index contributed by atoms with van der Waals surface area (Å²) >= 11 is 12.5. The number of carbonyl (C=O) groups excluding carboxylic acids is 1. The van der Waals surface area contributed by atoms with Crippen molar-refractivity contribution in [1.29, 1.82) is 0 Å². The second kappa shape index (κ2) is 10.7. The molecule has 8 nitrogen and oxygen atoms in total. The van der Waals surface area contributed by atoms with Gasteiger partial charge in [-0.1, -0.05) is 23.2 Å². The summed E-state index contributed by atoms with van der Waals surface area (Å²) in [7, 11) is 0. The third kappa shape index (κ3) is 5.39. The first-order chi connectivity index (χ1) is 17.3. The van der Waals surface area contributed by atoms with Gasteiger partial charge in [0, 0.05) is 48.8 Å². The van der Waals surface area contributed by atoms with E-state index in [1.54, 1.807) is 0 Å². The van der Waals surface area contributed by atoms with Gasteiger partial charge in [-0.2, -0.15) is 0 Å². The van der Waals surface area contributed by atoms with Crippen molar-refractivity contribution in [3.8, 4) is 0 Å². The number of amides is 2. The quantitative estimate of drug-likeness (QED) is 0.603. The lowest BCUT2D eigenvalue weighted by Gasteiger charge is -2.44. The maximum Gasteiger partial charge on any atom is 0.320 e. The zero-order valence-electron chi connectivity index (χ0n) is 20.7. The predicted octanol–water partition coefficient (Wildman–Crippen LogP) is 4.43. The van der Waals surface area contributed by atoms with Gasteiger partial charge in [-0.25, -0.2) is 19.2 Å². The maximum atomic E-state index is 14.5. The Bertz CT molecular complexity index is 1130. The first-order valence-corrected chi connectivity index (χ1v) is 13.3. The van der Waals surface area contributed by atoms with Crippen molar-refractivity contribution in [2.45, 2.75) is 58.3 Å². The molecule has 2 N–H and O–H groups in total. The van der Waals surface area contributed by atoms with E-state index < -0.39 is 0 Å². The number of aryl methyl sites for hydroxylation is 1. The average molecular weight is 536 g/mol. The van der Waals surface area contributed by atoms with Crippen LogP contribution in [0.15, 0.2) is 12.1 Å². The normalized spacial score (nSPS) is 23.6. The molecule has 2 unspecified atom stereocenters. The summed E-state index contributed by atoms with van der Waals surface area (Å²) in [4.78, 5) is 27.9. The van der Waals surface area contributed by atoms with Gasteiger partial charge in [-0.05, 0) is 63.9 Å². The molecule has 1 aromatic heterocycles. The fourth-order valence-electron chi connectivity index (χ4n) is 5.67. The molecule has 3 aliphatic heterocycles. The molecule has 0 spiro atoms. The number of piperazine rings is 1. The molecular formula is C25H32Cl2FN7O. The number of hydrogen-bond acceptors (Lipinski definition) is 6. The summed E-state index contributed by atoms with van der Waals surface area (Å²) in [6.45, 7) is 9.49. The number of nitrogens with one attached hydrogen (secondary N) is 2. The van der Waals surface area contributed by atoms with Gasteiger partial charge in [0.05, 0.1) is 6.54 Å². The highest BCUT2D eigenvalue weighted by Gasteiger charge is 2.33. The molecule has 2 atom stereocenters. The van der Waals surface area contributed by atoms with Crippen molar-refractivity contribution < 1.29 is 9.18 Å². The Hall–Kier alpha value is -2.20. The minimum atomic E-state index is -0.278. The van der Waals surface area contributed by atoms with Crippen LogP contribution in [0.1, 0.15) is 43.0 Å². The van der Waals surface area contributed by atoms with Crippen molar-refractivity contribution in [2.24, 2.45) is 0 Å². The smallest absolute Gasteiger partial charge is 0.320 e. The molecule has 11 heteroatoms. The topological polar surface area (TPSA) is 76.6 Å². The van der Waals surface area contributed by atoms with Crippen LogP contribution in [-0.4, -0.2) is 70.6 Å². The maximum absolute atomic E-state index is 14.5. The molecule has 2 amide bonds. The van der Waals surface area contributed by atoms with E-state index in [9.17, 15) is 9.18 Å². The molecule has 36 heavy (non-hydrogen) atoms. The summed E-state index contributed by atoms with van der Waals surface area (Å²) in [5.74, 6) is 0.881.